The maximum absolute atomic E-state index is 12.0. The molecule has 1 aromatic heterocycles. The van der Waals surface area contributed by atoms with E-state index in [2.05, 4.69) is 4.98 Å². The van der Waals surface area contributed by atoms with Crippen molar-refractivity contribution in [2.75, 3.05) is 0 Å². The highest BCUT2D eigenvalue weighted by Gasteiger charge is 2.20. The lowest BCUT2D eigenvalue weighted by Gasteiger charge is -2.10. The van der Waals surface area contributed by atoms with Gasteiger partial charge in [0.15, 0.2) is 5.82 Å². The molecule has 0 amide bonds. The van der Waals surface area contributed by atoms with Crippen molar-refractivity contribution in [2.24, 2.45) is 12.8 Å². The fourth-order valence-corrected chi connectivity index (χ4v) is 1.55. The van der Waals surface area contributed by atoms with Gasteiger partial charge in [-0.05, 0) is 5.56 Å². The predicted octanol–water partition coefficient (Wildman–Crippen LogP) is 1.30. The van der Waals surface area contributed by atoms with Crippen LogP contribution in [0, 0.1) is 0 Å². The van der Waals surface area contributed by atoms with Crippen LogP contribution in [0.1, 0.15) is 22.2 Å². The van der Waals surface area contributed by atoms with Gasteiger partial charge in [0.1, 0.15) is 0 Å². The fraction of sp³-hybridized carbons (Fsp3) is 0.167. The normalized spacial score (nSPS) is 12.4. The van der Waals surface area contributed by atoms with E-state index in [0.717, 1.165) is 5.56 Å². The third kappa shape index (κ3) is 1.87. The molecule has 0 saturated carbocycles. The molecule has 0 unspecified atom stereocenters. The molecule has 82 valence electrons. The second kappa shape index (κ2) is 4.28. The van der Waals surface area contributed by atoms with E-state index < -0.39 is 6.04 Å². The molecule has 0 spiro atoms. The molecule has 2 aromatic rings. The summed E-state index contributed by atoms with van der Waals surface area (Å²) in [5, 5.41) is 0. The number of rotatable bonds is 3. The number of Topliss-reactive ketones (excluding diaryl/α,β-unsaturated/α-hetero) is 1. The van der Waals surface area contributed by atoms with E-state index in [0.29, 0.717) is 5.82 Å². The van der Waals surface area contributed by atoms with E-state index >= 15 is 0 Å². The lowest BCUT2D eigenvalue weighted by molar-refractivity contribution is 0.0948. The Morgan fingerprint density at radius 3 is 2.62 bits per heavy atom. The van der Waals surface area contributed by atoms with Crippen molar-refractivity contribution in [3.8, 4) is 0 Å². The maximum Gasteiger partial charge on any atom is 0.219 e. The first-order valence-electron chi connectivity index (χ1n) is 5.02. The molecule has 0 radical (unpaired) electrons. The van der Waals surface area contributed by atoms with E-state index in [1.54, 1.807) is 24.0 Å². The zero-order valence-corrected chi connectivity index (χ0v) is 9.00. The Labute approximate surface area is 93.7 Å². The van der Waals surface area contributed by atoms with Crippen molar-refractivity contribution in [3.05, 3.63) is 54.1 Å². The molecule has 16 heavy (non-hydrogen) atoms. The Hall–Kier alpha value is -1.94. The van der Waals surface area contributed by atoms with Crippen molar-refractivity contribution in [1.29, 1.82) is 0 Å². The minimum Gasteiger partial charge on any atom is -0.332 e. The molecule has 4 nitrogen and oxygen atoms in total. The lowest BCUT2D eigenvalue weighted by Crippen LogP contribution is -2.24. The number of ketones is 1. The van der Waals surface area contributed by atoms with Gasteiger partial charge in [-0.15, -0.1) is 0 Å². The number of carbonyl (C=O) groups excluding carboxylic acids is 1. The van der Waals surface area contributed by atoms with Crippen LogP contribution in [0.5, 0.6) is 0 Å². The van der Waals surface area contributed by atoms with Crippen LogP contribution in [0.2, 0.25) is 0 Å². The lowest BCUT2D eigenvalue weighted by atomic mass is 10.0. The van der Waals surface area contributed by atoms with Crippen LogP contribution in [0.15, 0.2) is 42.7 Å². The molecule has 2 N–H and O–H groups in total. The van der Waals surface area contributed by atoms with E-state index in [1.165, 1.54) is 0 Å². The van der Waals surface area contributed by atoms with Crippen LogP contribution in [0.3, 0.4) is 0 Å². The summed E-state index contributed by atoms with van der Waals surface area (Å²) in [6.07, 6.45) is 3.32. The number of benzene rings is 1. The molecule has 1 aromatic carbocycles. The molecule has 0 aliphatic rings. The second-order valence-corrected chi connectivity index (χ2v) is 3.61. The predicted molar refractivity (Wildman–Crippen MR) is 60.9 cm³/mol. The first kappa shape index (κ1) is 10.6. The number of imidazole rings is 1. The molecule has 0 fully saturated rings. The average molecular weight is 215 g/mol. The molecular formula is C12H13N3O. The molecular weight excluding hydrogens is 202 g/mol. The van der Waals surface area contributed by atoms with Crippen LogP contribution in [0.25, 0.3) is 0 Å². The summed E-state index contributed by atoms with van der Waals surface area (Å²) in [4.78, 5) is 16.0. The average Bonchev–Trinajstić information content (AvgIpc) is 2.75. The van der Waals surface area contributed by atoms with Crippen LogP contribution < -0.4 is 5.73 Å². The van der Waals surface area contributed by atoms with Crippen LogP contribution in [-0.2, 0) is 7.05 Å². The van der Waals surface area contributed by atoms with Gasteiger partial charge in [0.25, 0.3) is 0 Å². The van der Waals surface area contributed by atoms with Gasteiger partial charge in [-0.2, -0.15) is 0 Å². The summed E-state index contributed by atoms with van der Waals surface area (Å²) in [5.74, 6) is 0.218. The van der Waals surface area contributed by atoms with E-state index in [1.807, 2.05) is 30.3 Å². The Morgan fingerprint density at radius 1 is 1.38 bits per heavy atom. The molecule has 0 aliphatic heterocycles. The quantitative estimate of drug-likeness (QED) is 0.785. The Balaban J connectivity index is 2.27. The van der Waals surface area contributed by atoms with Crippen molar-refractivity contribution in [2.45, 2.75) is 6.04 Å². The fourth-order valence-electron chi connectivity index (χ4n) is 1.55. The third-order valence-corrected chi connectivity index (χ3v) is 2.48. The van der Waals surface area contributed by atoms with Gasteiger partial charge in [-0.3, -0.25) is 4.79 Å². The summed E-state index contributed by atoms with van der Waals surface area (Å²) >= 11 is 0. The number of aromatic nitrogens is 2. The minimum atomic E-state index is -0.651. The molecule has 4 heteroatoms. The number of hydrogen-bond acceptors (Lipinski definition) is 3. The number of nitrogens with zero attached hydrogens (tertiary/aromatic N) is 2. The zero-order chi connectivity index (χ0) is 11.5. The number of aryl methyl sites for hydroxylation is 1. The molecule has 0 saturated heterocycles. The SMILES string of the molecule is Cn1ccnc1C(=O)[C@H](N)c1ccccc1. The summed E-state index contributed by atoms with van der Waals surface area (Å²) in [5.41, 5.74) is 6.70. The van der Waals surface area contributed by atoms with Gasteiger partial charge < -0.3 is 10.3 Å². The highest BCUT2D eigenvalue weighted by atomic mass is 16.1. The Kier molecular flexibility index (Phi) is 2.83. The first-order valence-corrected chi connectivity index (χ1v) is 5.02. The van der Waals surface area contributed by atoms with Gasteiger partial charge in [0.2, 0.25) is 5.78 Å². The Morgan fingerprint density at radius 2 is 2.06 bits per heavy atom. The molecule has 1 heterocycles. The van der Waals surface area contributed by atoms with E-state index in [4.69, 9.17) is 5.73 Å². The molecule has 0 bridgehead atoms. The summed E-state index contributed by atoms with van der Waals surface area (Å²) < 4.78 is 1.67. The van der Waals surface area contributed by atoms with Gasteiger partial charge in [0, 0.05) is 19.4 Å². The van der Waals surface area contributed by atoms with E-state index in [-0.39, 0.29) is 5.78 Å². The van der Waals surface area contributed by atoms with Crippen molar-refractivity contribution < 1.29 is 4.79 Å². The van der Waals surface area contributed by atoms with Gasteiger partial charge in [-0.1, -0.05) is 30.3 Å². The number of nitrogens with two attached hydrogens (primary N) is 1. The Bertz CT molecular complexity index is 490. The van der Waals surface area contributed by atoms with Crippen molar-refractivity contribution >= 4 is 5.78 Å². The van der Waals surface area contributed by atoms with Gasteiger partial charge in [0.05, 0.1) is 6.04 Å². The monoisotopic (exact) mass is 215 g/mol. The van der Waals surface area contributed by atoms with Gasteiger partial charge >= 0.3 is 0 Å². The highest BCUT2D eigenvalue weighted by Crippen LogP contribution is 2.14. The van der Waals surface area contributed by atoms with Crippen molar-refractivity contribution in [3.63, 3.8) is 0 Å². The third-order valence-electron chi connectivity index (χ3n) is 2.48. The minimum absolute atomic E-state index is 0.168. The summed E-state index contributed by atoms with van der Waals surface area (Å²) in [7, 11) is 1.78. The standard InChI is InChI=1S/C12H13N3O/c1-15-8-7-14-12(15)11(16)10(13)9-5-3-2-4-6-9/h2-8,10H,13H2,1H3/t10-/m1/s1. The smallest absolute Gasteiger partial charge is 0.219 e. The first-order chi connectivity index (χ1) is 7.70. The van der Waals surface area contributed by atoms with Crippen LogP contribution >= 0.6 is 0 Å². The maximum atomic E-state index is 12.0. The second-order valence-electron chi connectivity index (χ2n) is 3.61. The highest BCUT2D eigenvalue weighted by molar-refractivity contribution is 5.97. The van der Waals surface area contributed by atoms with E-state index in [9.17, 15) is 4.79 Å². The molecule has 2 rings (SSSR count). The van der Waals surface area contributed by atoms with Gasteiger partial charge in [-0.25, -0.2) is 4.98 Å². The number of hydrogen-bond donors (Lipinski definition) is 1. The zero-order valence-electron chi connectivity index (χ0n) is 9.00. The number of carbonyl (C=O) groups is 1. The van der Waals surface area contributed by atoms with Crippen LogP contribution in [0.4, 0.5) is 0 Å². The largest absolute Gasteiger partial charge is 0.332 e. The topological polar surface area (TPSA) is 60.9 Å². The summed E-state index contributed by atoms with van der Waals surface area (Å²) in [6, 6.07) is 8.64. The van der Waals surface area contributed by atoms with Crippen molar-refractivity contribution in [1.82, 2.24) is 9.55 Å². The van der Waals surface area contributed by atoms with Crippen LogP contribution in [-0.4, -0.2) is 15.3 Å². The molecule has 0 aliphatic carbocycles. The molecule has 1 atom stereocenters. The summed E-state index contributed by atoms with van der Waals surface area (Å²) in [6.45, 7) is 0.